The molecule has 1 N–H and O–H groups in total. The topological polar surface area (TPSA) is 45.8 Å². The highest BCUT2D eigenvalue weighted by Gasteiger charge is 1.95. The predicted molar refractivity (Wildman–Crippen MR) is 43.4 cm³/mol. The molecule has 0 aromatic carbocycles. The van der Waals surface area contributed by atoms with Gasteiger partial charge in [-0.05, 0) is 0 Å². The molecule has 1 aromatic rings. The van der Waals surface area contributed by atoms with Crippen molar-refractivity contribution in [3.8, 4) is 0 Å². The maximum absolute atomic E-state index is 10.6. The van der Waals surface area contributed by atoms with Gasteiger partial charge in [0.25, 0.3) is 0 Å². The van der Waals surface area contributed by atoms with Gasteiger partial charge in [-0.15, -0.1) is 0 Å². The molecule has 1 heterocycles. The quantitative estimate of drug-likeness (QED) is 0.694. The van der Waals surface area contributed by atoms with Crippen molar-refractivity contribution in [2.24, 2.45) is 0 Å². The average molecular weight is 176 g/mol. The fourth-order valence-electron chi connectivity index (χ4n) is 0.469. The van der Waals surface area contributed by atoms with Gasteiger partial charge < -0.3 is 4.98 Å². The van der Waals surface area contributed by atoms with Gasteiger partial charge in [0.1, 0.15) is 0 Å². The van der Waals surface area contributed by atoms with Crippen molar-refractivity contribution in [1.82, 2.24) is 9.97 Å². The Balaban J connectivity index is 2.35. The van der Waals surface area contributed by atoms with Crippen LogP contribution in [0.3, 0.4) is 0 Å². The zero-order valence-corrected chi connectivity index (χ0v) is 7.17. The van der Waals surface area contributed by atoms with Gasteiger partial charge in [0.2, 0.25) is 0 Å². The van der Waals surface area contributed by atoms with Crippen LogP contribution in [-0.4, -0.2) is 25.5 Å². The number of rotatable bonds is 3. The molecule has 0 fully saturated rings. The number of hydrogen-bond acceptors (Lipinski definition) is 3. The van der Waals surface area contributed by atoms with E-state index >= 15 is 0 Å². The first-order chi connectivity index (χ1) is 4.79. The molecule has 1 unspecified atom stereocenters. The van der Waals surface area contributed by atoms with Crippen molar-refractivity contribution >= 4 is 22.6 Å². The van der Waals surface area contributed by atoms with E-state index < -0.39 is 10.8 Å². The predicted octanol–water partition coefficient (Wildman–Crippen LogP) is 0.838. The number of H-pyrrole nitrogens is 1. The Bertz CT molecular complexity index is 209. The summed E-state index contributed by atoms with van der Waals surface area (Å²) in [6.07, 6.45) is 5.02. The summed E-state index contributed by atoms with van der Waals surface area (Å²) >= 11 is 1.52. The third-order valence-electron chi connectivity index (χ3n) is 0.854. The van der Waals surface area contributed by atoms with Crippen molar-refractivity contribution in [2.75, 3.05) is 11.3 Å². The fourth-order valence-corrected chi connectivity index (χ4v) is 1.91. The second-order valence-electron chi connectivity index (χ2n) is 1.75. The number of thioether (sulfide) groups is 1. The van der Waals surface area contributed by atoms with E-state index in [-0.39, 0.29) is 0 Å². The summed E-state index contributed by atoms with van der Waals surface area (Å²) in [5.74, 6) is 0. The Labute approximate surface area is 66.1 Å². The first-order valence-corrected chi connectivity index (χ1v) is 5.41. The van der Waals surface area contributed by atoms with E-state index in [9.17, 15) is 4.21 Å². The maximum Gasteiger partial charge on any atom is 0.0928 e. The van der Waals surface area contributed by atoms with Gasteiger partial charge in [0.05, 0.1) is 22.6 Å². The number of aromatic amines is 1. The van der Waals surface area contributed by atoms with Crippen molar-refractivity contribution in [3.63, 3.8) is 0 Å². The average Bonchev–Trinajstić information content (AvgIpc) is 2.34. The first kappa shape index (κ1) is 7.81. The number of aromatic nitrogens is 2. The molecule has 0 aliphatic heterocycles. The van der Waals surface area contributed by atoms with Crippen molar-refractivity contribution < 1.29 is 4.21 Å². The maximum atomic E-state index is 10.6. The van der Waals surface area contributed by atoms with E-state index in [0.717, 1.165) is 5.03 Å². The third kappa shape index (κ3) is 2.53. The summed E-state index contributed by atoms with van der Waals surface area (Å²) in [7, 11) is -0.735. The van der Waals surface area contributed by atoms with Gasteiger partial charge in [0, 0.05) is 17.1 Å². The van der Waals surface area contributed by atoms with E-state index in [1.54, 1.807) is 18.8 Å². The molecule has 0 aliphatic rings. The van der Waals surface area contributed by atoms with Crippen LogP contribution in [0.1, 0.15) is 0 Å². The van der Waals surface area contributed by atoms with Crippen LogP contribution in [0.2, 0.25) is 0 Å². The van der Waals surface area contributed by atoms with Crippen LogP contribution < -0.4 is 0 Å². The lowest BCUT2D eigenvalue weighted by molar-refractivity contribution is 0.689. The normalized spacial score (nSPS) is 13.3. The van der Waals surface area contributed by atoms with Crippen LogP contribution in [0, 0.1) is 0 Å². The zero-order chi connectivity index (χ0) is 7.40. The van der Waals surface area contributed by atoms with Gasteiger partial charge in [-0.2, -0.15) is 0 Å². The largest absolute Gasteiger partial charge is 0.340 e. The Morgan fingerprint density at radius 2 is 2.70 bits per heavy atom. The Morgan fingerprint density at radius 1 is 1.90 bits per heavy atom. The van der Waals surface area contributed by atoms with Gasteiger partial charge in [-0.3, -0.25) is 4.21 Å². The summed E-state index contributed by atoms with van der Waals surface area (Å²) in [6, 6.07) is 0. The Morgan fingerprint density at radius 3 is 3.20 bits per heavy atom. The van der Waals surface area contributed by atoms with Crippen molar-refractivity contribution in [2.45, 2.75) is 5.03 Å². The molecule has 56 valence electrons. The lowest BCUT2D eigenvalue weighted by Crippen LogP contribution is -1.87. The summed E-state index contributed by atoms with van der Waals surface area (Å²) in [5, 5.41) is 1.59. The van der Waals surface area contributed by atoms with Gasteiger partial charge in [0.15, 0.2) is 0 Å². The lowest BCUT2D eigenvalue weighted by atomic mass is 11.0. The first-order valence-electron chi connectivity index (χ1n) is 2.70. The number of hydrogen-bond donors (Lipinski definition) is 1. The van der Waals surface area contributed by atoms with Crippen LogP contribution in [-0.2, 0) is 10.8 Å². The molecule has 1 atom stereocenters. The lowest BCUT2D eigenvalue weighted by Gasteiger charge is -1.91. The minimum atomic E-state index is -0.735. The molecule has 1 rings (SSSR count). The van der Waals surface area contributed by atoms with Crippen molar-refractivity contribution in [3.05, 3.63) is 12.5 Å². The highest BCUT2D eigenvalue weighted by molar-refractivity contribution is 8.10. The van der Waals surface area contributed by atoms with Gasteiger partial charge in [-0.25, -0.2) is 4.98 Å². The molecular weight excluding hydrogens is 168 g/mol. The van der Waals surface area contributed by atoms with E-state index in [1.807, 2.05) is 0 Å². The van der Waals surface area contributed by atoms with Crippen LogP contribution in [0.5, 0.6) is 0 Å². The molecule has 3 nitrogen and oxygen atoms in total. The highest BCUT2D eigenvalue weighted by Crippen LogP contribution is 2.13. The summed E-state index contributed by atoms with van der Waals surface area (Å²) in [4.78, 5) is 6.73. The minimum Gasteiger partial charge on any atom is -0.340 e. The zero-order valence-electron chi connectivity index (χ0n) is 5.53. The van der Waals surface area contributed by atoms with Gasteiger partial charge in [-0.1, -0.05) is 11.8 Å². The molecule has 0 aliphatic carbocycles. The molecule has 10 heavy (non-hydrogen) atoms. The number of nitrogens with zero attached hydrogens (tertiary/aromatic N) is 1. The van der Waals surface area contributed by atoms with Crippen LogP contribution >= 0.6 is 11.8 Å². The minimum absolute atomic E-state index is 0.627. The third-order valence-corrected chi connectivity index (χ3v) is 3.19. The molecule has 1 aromatic heterocycles. The molecule has 0 bridgehead atoms. The fraction of sp³-hybridized carbons (Fsp3) is 0.400. The van der Waals surface area contributed by atoms with Crippen LogP contribution in [0.4, 0.5) is 0 Å². The molecule has 0 radical (unpaired) electrons. The Hall–Kier alpha value is -0.290. The summed E-state index contributed by atoms with van der Waals surface area (Å²) in [5.41, 5.74) is 0. The second-order valence-corrected chi connectivity index (χ2v) is 4.57. The second kappa shape index (κ2) is 3.78. The summed E-state index contributed by atoms with van der Waals surface area (Å²) < 4.78 is 10.6. The monoisotopic (exact) mass is 176 g/mol. The highest BCUT2D eigenvalue weighted by atomic mass is 32.2. The van der Waals surface area contributed by atoms with E-state index in [1.165, 1.54) is 11.8 Å². The molecule has 0 spiro atoms. The number of nitrogens with one attached hydrogen (secondary N) is 1. The van der Waals surface area contributed by atoms with E-state index in [4.69, 9.17) is 0 Å². The van der Waals surface area contributed by atoms with E-state index in [0.29, 0.717) is 5.08 Å². The molecule has 0 saturated carbocycles. The smallest absolute Gasteiger partial charge is 0.0928 e. The molecule has 0 saturated heterocycles. The molecule has 5 heteroatoms. The van der Waals surface area contributed by atoms with Crippen molar-refractivity contribution in [1.29, 1.82) is 0 Å². The van der Waals surface area contributed by atoms with E-state index in [2.05, 4.69) is 9.97 Å². The molecule has 0 amide bonds. The molecular formula is C5H8N2OS2. The van der Waals surface area contributed by atoms with Gasteiger partial charge >= 0.3 is 0 Å². The SMILES string of the molecule is CS(=O)CSc1cnc[nH]1. The van der Waals surface area contributed by atoms with Crippen LogP contribution in [0.25, 0.3) is 0 Å². The van der Waals surface area contributed by atoms with Crippen LogP contribution in [0.15, 0.2) is 17.6 Å². The summed E-state index contributed by atoms with van der Waals surface area (Å²) in [6.45, 7) is 0. The Kier molecular flexibility index (Phi) is 2.95. The number of imidazole rings is 1. The standard InChI is InChI=1S/C5H8N2OS2/c1-10(8)4-9-5-2-6-3-7-5/h2-3H,4H2,1H3,(H,6,7).